The van der Waals surface area contributed by atoms with Gasteiger partial charge in [-0.05, 0) is 49.8 Å². The van der Waals surface area contributed by atoms with E-state index in [0.717, 1.165) is 45.0 Å². The molecule has 1 aliphatic heterocycles. The summed E-state index contributed by atoms with van der Waals surface area (Å²) in [5, 5.41) is 3.00. The van der Waals surface area contributed by atoms with Crippen molar-refractivity contribution >= 4 is 11.7 Å². The molecule has 1 aromatic carbocycles. The zero-order valence-corrected chi connectivity index (χ0v) is 14.8. The zero-order chi connectivity index (χ0) is 16.9. The molecule has 24 heavy (non-hydrogen) atoms. The summed E-state index contributed by atoms with van der Waals surface area (Å²) in [5.41, 5.74) is 2.17. The van der Waals surface area contributed by atoms with Crippen LogP contribution in [-0.4, -0.2) is 61.8 Å². The summed E-state index contributed by atoms with van der Waals surface area (Å²) in [5.74, 6) is 0.684. The van der Waals surface area contributed by atoms with Gasteiger partial charge in [-0.3, -0.25) is 4.90 Å². The molecule has 1 aliphatic carbocycles. The van der Waals surface area contributed by atoms with Gasteiger partial charge in [0.25, 0.3) is 0 Å². The van der Waals surface area contributed by atoms with E-state index in [1.54, 1.807) is 0 Å². The van der Waals surface area contributed by atoms with Gasteiger partial charge in [-0.25, -0.2) is 4.79 Å². The van der Waals surface area contributed by atoms with Gasteiger partial charge in [0, 0.05) is 38.4 Å². The van der Waals surface area contributed by atoms with Gasteiger partial charge in [-0.1, -0.05) is 12.1 Å². The average molecular weight is 331 g/mol. The van der Waals surface area contributed by atoms with E-state index >= 15 is 0 Å². The number of nitrogens with zero attached hydrogens (tertiary/aromatic N) is 2. The summed E-state index contributed by atoms with van der Waals surface area (Å²) in [6.07, 6.45) is 3.53. The number of anilines is 1. The second-order valence-electron chi connectivity index (χ2n) is 7.02. The average Bonchev–Trinajstić information content (AvgIpc) is 3.46. The monoisotopic (exact) mass is 331 g/mol. The Morgan fingerprint density at radius 3 is 2.58 bits per heavy atom. The van der Waals surface area contributed by atoms with Crippen LogP contribution in [-0.2, 0) is 11.2 Å². The minimum Gasteiger partial charge on any atom is -0.379 e. The van der Waals surface area contributed by atoms with Crippen molar-refractivity contribution < 1.29 is 9.53 Å². The van der Waals surface area contributed by atoms with Crippen LogP contribution in [0.1, 0.15) is 25.3 Å². The largest absolute Gasteiger partial charge is 0.379 e. The van der Waals surface area contributed by atoms with Crippen molar-refractivity contribution in [3.8, 4) is 0 Å². The Morgan fingerprint density at radius 1 is 1.29 bits per heavy atom. The minimum absolute atomic E-state index is 0.0181. The van der Waals surface area contributed by atoms with Crippen LogP contribution in [0.3, 0.4) is 0 Å². The molecule has 1 heterocycles. The fraction of sp³-hybridized carbons (Fsp3) is 0.632. The zero-order valence-electron chi connectivity index (χ0n) is 14.8. The SMILES string of the molecule is CC(C1CC1)N(C)C(=O)Nc1ccc(CCN2CCOCC2)cc1. The number of amides is 2. The first kappa shape index (κ1) is 17.2. The Balaban J connectivity index is 1.45. The molecule has 5 heteroatoms. The predicted octanol–water partition coefficient (Wildman–Crippen LogP) is 2.82. The second-order valence-corrected chi connectivity index (χ2v) is 7.02. The molecule has 1 saturated carbocycles. The molecule has 1 aromatic rings. The third-order valence-electron chi connectivity index (χ3n) is 5.26. The first-order valence-corrected chi connectivity index (χ1v) is 9.06. The molecule has 3 rings (SSSR count). The van der Waals surface area contributed by atoms with Crippen LogP contribution >= 0.6 is 0 Å². The third kappa shape index (κ3) is 4.71. The number of morpholine rings is 1. The minimum atomic E-state index is -0.0181. The maximum Gasteiger partial charge on any atom is 0.321 e. The molecule has 0 radical (unpaired) electrons. The van der Waals surface area contributed by atoms with E-state index in [9.17, 15) is 4.79 Å². The first-order valence-electron chi connectivity index (χ1n) is 9.06. The maximum atomic E-state index is 12.3. The molecule has 0 bridgehead atoms. The van der Waals surface area contributed by atoms with Crippen LogP contribution in [0.2, 0.25) is 0 Å². The summed E-state index contributed by atoms with van der Waals surface area (Å²) < 4.78 is 5.37. The molecular formula is C19H29N3O2. The molecule has 1 saturated heterocycles. The Bertz CT molecular complexity index is 536. The van der Waals surface area contributed by atoms with Gasteiger partial charge >= 0.3 is 6.03 Å². The number of carbonyl (C=O) groups excluding carboxylic acids is 1. The summed E-state index contributed by atoms with van der Waals surface area (Å²) in [6.45, 7) is 6.94. The molecule has 2 amide bonds. The van der Waals surface area contributed by atoms with E-state index in [1.807, 2.05) is 24.1 Å². The van der Waals surface area contributed by atoms with Crippen molar-refractivity contribution in [2.45, 2.75) is 32.2 Å². The highest BCUT2D eigenvalue weighted by Gasteiger charge is 2.32. The van der Waals surface area contributed by atoms with E-state index in [2.05, 4.69) is 29.3 Å². The lowest BCUT2D eigenvalue weighted by Gasteiger charge is -2.26. The quantitative estimate of drug-likeness (QED) is 0.872. The van der Waals surface area contributed by atoms with Crippen molar-refractivity contribution in [2.24, 2.45) is 5.92 Å². The Morgan fingerprint density at radius 2 is 1.96 bits per heavy atom. The van der Waals surface area contributed by atoms with Gasteiger partial charge in [-0.2, -0.15) is 0 Å². The first-order chi connectivity index (χ1) is 11.6. The van der Waals surface area contributed by atoms with Gasteiger partial charge in [-0.15, -0.1) is 0 Å². The predicted molar refractivity (Wildman–Crippen MR) is 96.4 cm³/mol. The van der Waals surface area contributed by atoms with E-state index in [-0.39, 0.29) is 6.03 Å². The lowest BCUT2D eigenvalue weighted by atomic mass is 10.1. The van der Waals surface area contributed by atoms with Gasteiger partial charge in [0.2, 0.25) is 0 Å². The standard InChI is InChI=1S/C19H29N3O2/c1-15(17-5-6-17)21(2)19(23)20-18-7-3-16(4-8-18)9-10-22-11-13-24-14-12-22/h3-4,7-8,15,17H,5-6,9-14H2,1-2H3,(H,20,23). The Labute approximate surface area is 145 Å². The highest BCUT2D eigenvalue weighted by molar-refractivity contribution is 5.89. The molecule has 0 spiro atoms. The van der Waals surface area contributed by atoms with Crippen LogP contribution in [0.15, 0.2) is 24.3 Å². The third-order valence-corrected chi connectivity index (χ3v) is 5.26. The molecule has 1 unspecified atom stereocenters. The lowest BCUT2D eigenvalue weighted by Crippen LogP contribution is -2.39. The molecule has 2 fully saturated rings. The normalized spacial score (nSPS) is 19.8. The van der Waals surface area contributed by atoms with E-state index in [0.29, 0.717) is 12.0 Å². The van der Waals surface area contributed by atoms with Crippen molar-refractivity contribution in [3.63, 3.8) is 0 Å². The summed E-state index contributed by atoms with van der Waals surface area (Å²) in [7, 11) is 1.88. The van der Waals surface area contributed by atoms with Crippen molar-refractivity contribution in [3.05, 3.63) is 29.8 Å². The summed E-state index contributed by atoms with van der Waals surface area (Å²) >= 11 is 0. The number of benzene rings is 1. The van der Waals surface area contributed by atoms with Crippen LogP contribution < -0.4 is 5.32 Å². The maximum absolute atomic E-state index is 12.3. The molecule has 2 aliphatic rings. The van der Waals surface area contributed by atoms with Gasteiger partial charge in [0.1, 0.15) is 0 Å². The number of rotatable bonds is 6. The molecular weight excluding hydrogens is 302 g/mol. The number of hydrogen-bond acceptors (Lipinski definition) is 3. The highest BCUT2D eigenvalue weighted by atomic mass is 16.5. The molecule has 132 valence electrons. The van der Waals surface area contributed by atoms with Gasteiger partial charge in [0.15, 0.2) is 0 Å². The van der Waals surface area contributed by atoms with E-state index in [4.69, 9.17) is 4.74 Å². The number of urea groups is 1. The van der Waals surface area contributed by atoms with Gasteiger partial charge < -0.3 is 15.0 Å². The number of carbonyl (C=O) groups is 1. The molecule has 5 nitrogen and oxygen atoms in total. The Hall–Kier alpha value is -1.59. The molecule has 1 N–H and O–H groups in total. The number of ether oxygens (including phenoxy) is 1. The smallest absolute Gasteiger partial charge is 0.321 e. The second kappa shape index (κ2) is 7.99. The summed E-state index contributed by atoms with van der Waals surface area (Å²) in [6, 6.07) is 8.53. The van der Waals surface area contributed by atoms with Crippen molar-refractivity contribution in [1.29, 1.82) is 0 Å². The van der Waals surface area contributed by atoms with Crippen LogP contribution in [0, 0.1) is 5.92 Å². The van der Waals surface area contributed by atoms with Crippen molar-refractivity contribution in [1.82, 2.24) is 9.80 Å². The van der Waals surface area contributed by atoms with Crippen LogP contribution in [0.5, 0.6) is 0 Å². The fourth-order valence-electron chi connectivity index (χ4n) is 3.16. The van der Waals surface area contributed by atoms with Crippen LogP contribution in [0.4, 0.5) is 10.5 Å². The number of nitrogens with one attached hydrogen (secondary N) is 1. The topological polar surface area (TPSA) is 44.8 Å². The van der Waals surface area contributed by atoms with E-state index < -0.39 is 0 Å². The number of hydrogen-bond donors (Lipinski definition) is 1. The van der Waals surface area contributed by atoms with Crippen LogP contribution in [0.25, 0.3) is 0 Å². The summed E-state index contributed by atoms with van der Waals surface area (Å²) in [4.78, 5) is 16.6. The van der Waals surface area contributed by atoms with Crippen molar-refractivity contribution in [2.75, 3.05) is 45.2 Å². The van der Waals surface area contributed by atoms with E-state index in [1.165, 1.54) is 18.4 Å². The lowest BCUT2D eigenvalue weighted by molar-refractivity contribution is 0.0384. The molecule has 1 atom stereocenters. The van der Waals surface area contributed by atoms with Gasteiger partial charge in [0.05, 0.1) is 13.2 Å². The Kier molecular flexibility index (Phi) is 5.74. The fourth-order valence-corrected chi connectivity index (χ4v) is 3.16. The molecule has 0 aromatic heterocycles. The highest BCUT2D eigenvalue weighted by Crippen LogP contribution is 2.34.